The van der Waals surface area contributed by atoms with Crippen molar-refractivity contribution in [2.24, 2.45) is 0 Å². The molecule has 2 N–H and O–H groups in total. The van der Waals surface area contributed by atoms with Gasteiger partial charge in [0.2, 0.25) is 0 Å². The van der Waals surface area contributed by atoms with Gasteiger partial charge in [-0.3, -0.25) is 4.79 Å². The number of carbonyl (C=O) groups is 1. The first-order valence-electron chi connectivity index (χ1n) is 5.52. The Kier molecular flexibility index (Phi) is 3.58. The molecular weight excluding hydrogens is 200 g/mol. The van der Waals surface area contributed by atoms with Crippen molar-refractivity contribution in [1.82, 2.24) is 4.90 Å². The maximum absolute atomic E-state index is 12.1. The summed E-state index contributed by atoms with van der Waals surface area (Å²) in [6, 6.07) is 7.03. The largest absolute Gasteiger partial charge is 0.399 e. The number of amides is 1. The van der Waals surface area contributed by atoms with E-state index >= 15 is 0 Å². The summed E-state index contributed by atoms with van der Waals surface area (Å²) in [6.07, 6.45) is 0.921. The normalized spacial score (nSPS) is 11.2. The Hall–Kier alpha value is -1.51. The fraction of sp³-hybridized carbons (Fsp3) is 0.462. The van der Waals surface area contributed by atoms with E-state index in [2.05, 4.69) is 20.8 Å². The molecule has 1 amide bonds. The van der Waals surface area contributed by atoms with E-state index in [1.165, 1.54) is 0 Å². The third-order valence-electron chi connectivity index (χ3n) is 3.24. The molecule has 0 unspecified atom stereocenters. The van der Waals surface area contributed by atoms with Crippen molar-refractivity contribution in [3.05, 3.63) is 29.8 Å². The van der Waals surface area contributed by atoms with Crippen molar-refractivity contribution < 1.29 is 4.79 Å². The van der Waals surface area contributed by atoms with Gasteiger partial charge in [0.1, 0.15) is 0 Å². The zero-order valence-corrected chi connectivity index (χ0v) is 10.4. The van der Waals surface area contributed by atoms with E-state index in [0.717, 1.165) is 6.42 Å². The molecule has 3 nitrogen and oxygen atoms in total. The molecule has 3 heteroatoms. The molecule has 0 aliphatic rings. The molecule has 88 valence electrons. The Labute approximate surface area is 97.2 Å². The second kappa shape index (κ2) is 4.56. The zero-order chi connectivity index (χ0) is 12.3. The molecule has 0 fully saturated rings. The summed E-state index contributed by atoms with van der Waals surface area (Å²) in [5.74, 6) is 0.0341. The van der Waals surface area contributed by atoms with Gasteiger partial charge < -0.3 is 10.6 Å². The summed E-state index contributed by atoms with van der Waals surface area (Å²) in [7, 11) is 1.84. The molecule has 0 atom stereocenters. The molecule has 1 rings (SSSR count). The van der Waals surface area contributed by atoms with E-state index in [-0.39, 0.29) is 11.4 Å². The van der Waals surface area contributed by atoms with Gasteiger partial charge >= 0.3 is 0 Å². The van der Waals surface area contributed by atoms with Gasteiger partial charge in [-0.1, -0.05) is 6.92 Å². The lowest BCUT2D eigenvalue weighted by atomic mass is 9.99. The topological polar surface area (TPSA) is 46.3 Å². The predicted octanol–water partition coefficient (Wildman–Crippen LogP) is 2.53. The van der Waals surface area contributed by atoms with E-state index in [4.69, 9.17) is 5.73 Å². The summed E-state index contributed by atoms with van der Waals surface area (Å²) < 4.78 is 0. The third-order valence-corrected chi connectivity index (χ3v) is 3.24. The Balaban J connectivity index is 2.90. The maximum Gasteiger partial charge on any atom is 0.254 e. The van der Waals surface area contributed by atoms with Crippen molar-refractivity contribution in [3.8, 4) is 0 Å². The molecule has 1 aromatic rings. The number of nitrogens with zero attached hydrogens (tertiary/aromatic N) is 1. The summed E-state index contributed by atoms with van der Waals surface area (Å²) in [6.45, 7) is 6.19. The molecule has 0 heterocycles. The number of carbonyl (C=O) groups excluding carboxylic acids is 1. The summed E-state index contributed by atoms with van der Waals surface area (Å²) in [4.78, 5) is 13.9. The molecule has 1 aromatic carbocycles. The quantitative estimate of drug-likeness (QED) is 0.796. The molecule has 0 saturated carbocycles. The molecule has 0 saturated heterocycles. The van der Waals surface area contributed by atoms with Crippen LogP contribution in [0.15, 0.2) is 24.3 Å². The molecule has 16 heavy (non-hydrogen) atoms. The van der Waals surface area contributed by atoms with Crippen molar-refractivity contribution in [2.75, 3.05) is 12.8 Å². The van der Waals surface area contributed by atoms with E-state index in [0.29, 0.717) is 11.3 Å². The van der Waals surface area contributed by atoms with Crippen LogP contribution in [-0.2, 0) is 0 Å². The molecule has 0 radical (unpaired) electrons. The fourth-order valence-corrected chi connectivity index (χ4v) is 1.33. The van der Waals surface area contributed by atoms with Crippen LogP contribution in [-0.4, -0.2) is 23.4 Å². The summed E-state index contributed by atoms with van der Waals surface area (Å²) >= 11 is 0. The molecule has 0 aliphatic carbocycles. The molecule has 0 aliphatic heterocycles. The Morgan fingerprint density at radius 1 is 1.31 bits per heavy atom. The van der Waals surface area contributed by atoms with Gasteiger partial charge in [0.15, 0.2) is 0 Å². The highest BCUT2D eigenvalue weighted by atomic mass is 16.2. The van der Waals surface area contributed by atoms with Crippen LogP contribution in [0.1, 0.15) is 37.6 Å². The van der Waals surface area contributed by atoms with Crippen LogP contribution in [0.4, 0.5) is 5.69 Å². The average molecular weight is 220 g/mol. The number of hydrogen-bond donors (Lipinski definition) is 1. The van der Waals surface area contributed by atoms with Crippen LogP contribution in [0, 0.1) is 0 Å². The van der Waals surface area contributed by atoms with Crippen molar-refractivity contribution in [1.29, 1.82) is 0 Å². The maximum atomic E-state index is 12.1. The standard InChI is InChI=1S/C13H20N2O/c1-5-13(2,3)15(4)12(16)10-6-8-11(14)9-7-10/h6-9H,5,14H2,1-4H3. The van der Waals surface area contributed by atoms with Crippen LogP contribution >= 0.6 is 0 Å². The first kappa shape index (κ1) is 12.6. The highest BCUT2D eigenvalue weighted by Crippen LogP contribution is 2.19. The van der Waals surface area contributed by atoms with Crippen LogP contribution in [0.5, 0.6) is 0 Å². The number of hydrogen-bond acceptors (Lipinski definition) is 2. The monoisotopic (exact) mass is 220 g/mol. The second-order valence-electron chi connectivity index (χ2n) is 4.65. The van der Waals surface area contributed by atoms with Crippen LogP contribution < -0.4 is 5.73 Å². The number of anilines is 1. The number of rotatable bonds is 3. The van der Waals surface area contributed by atoms with E-state index in [1.54, 1.807) is 29.2 Å². The van der Waals surface area contributed by atoms with Gasteiger partial charge in [0.25, 0.3) is 5.91 Å². The highest BCUT2D eigenvalue weighted by molar-refractivity contribution is 5.94. The Morgan fingerprint density at radius 3 is 2.25 bits per heavy atom. The number of nitrogens with two attached hydrogens (primary N) is 1. The average Bonchev–Trinajstić information content (AvgIpc) is 2.28. The highest BCUT2D eigenvalue weighted by Gasteiger charge is 2.26. The molecule has 0 bridgehead atoms. The van der Waals surface area contributed by atoms with Crippen LogP contribution in [0.3, 0.4) is 0 Å². The zero-order valence-electron chi connectivity index (χ0n) is 10.4. The minimum atomic E-state index is -0.127. The minimum Gasteiger partial charge on any atom is -0.399 e. The van der Waals surface area contributed by atoms with E-state index in [1.807, 2.05) is 7.05 Å². The van der Waals surface area contributed by atoms with E-state index < -0.39 is 0 Å². The first-order chi connectivity index (χ1) is 7.38. The summed E-state index contributed by atoms with van der Waals surface area (Å²) in [5, 5.41) is 0. The Morgan fingerprint density at radius 2 is 1.81 bits per heavy atom. The fourth-order valence-electron chi connectivity index (χ4n) is 1.33. The van der Waals surface area contributed by atoms with Gasteiger partial charge in [-0.2, -0.15) is 0 Å². The van der Waals surface area contributed by atoms with Gasteiger partial charge in [0.05, 0.1) is 0 Å². The third kappa shape index (κ3) is 2.54. The van der Waals surface area contributed by atoms with E-state index in [9.17, 15) is 4.79 Å². The van der Waals surface area contributed by atoms with Crippen molar-refractivity contribution >= 4 is 11.6 Å². The van der Waals surface area contributed by atoms with Gasteiger partial charge in [-0.25, -0.2) is 0 Å². The smallest absolute Gasteiger partial charge is 0.254 e. The SMILES string of the molecule is CCC(C)(C)N(C)C(=O)c1ccc(N)cc1. The van der Waals surface area contributed by atoms with Crippen molar-refractivity contribution in [2.45, 2.75) is 32.7 Å². The van der Waals surface area contributed by atoms with Crippen LogP contribution in [0.2, 0.25) is 0 Å². The number of benzene rings is 1. The van der Waals surface area contributed by atoms with Crippen molar-refractivity contribution in [3.63, 3.8) is 0 Å². The van der Waals surface area contributed by atoms with Gasteiger partial charge in [0, 0.05) is 23.8 Å². The molecule has 0 spiro atoms. The lowest BCUT2D eigenvalue weighted by Crippen LogP contribution is -2.44. The lowest BCUT2D eigenvalue weighted by molar-refractivity contribution is 0.0620. The second-order valence-corrected chi connectivity index (χ2v) is 4.65. The molecular formula is C13H20N2O. The van der Waals surface area contributed by atoms with Gasteiger partial charge in [-0.15, -0.1) is 0 Å². The first-order valence-corrected chi connectivity index (χ1v) is 5.52. The minimum absolute atomic E-state index is 0.0341. The van der Waals surface area contributed by atoms with Gasteiger partial charge in [-0.05, 0) is 44.5 Å². The summed E-state index contributed by atoms with van der Waals surface area (Å²) in [5.41, 5.74) is 6.82. The lowest BCUT2D eigenvalue weighted by Gasteiger charge is -2.34. The molecule has 0 aromatic heterocycles. The van der Waals surface area contributed by atoms with Crippen LogP contribution in [0.25, 0.3) is 0 Å². The predicted molar refractivity (Wildman–Crippen MR) is 67.3 cm³/mol. The number of nitrogen functional groups attached to an aromatic ring is 1. The Bertz CT molecular complexity index is 368.